The molecule has 0 spiro atoms. The molecule has 2 fully saturated rings. The lowest BCUT2D eigenvalue weighted by Gasteiger charge is -2.30. The van der Waals surface area contributed by atoms with E-state index >= 15 is 0 Å². The summed E-state index contributed by atoms with van der Waals surface area (Å²) in [5.74, 6) is 1.73. The molecule has 178 valence electrons. The van der Waals surface area contributed by atoms with Crippen molar-refractivity contribution in [2.75, 3.05) is 47.9 Å². The Morgan fingerprint density at radius 1 is 0.909 bits per heavy atom. The van der Waals surface area contributed by atoms with E-state index in [2.05, 4.69) is 34.2 Å². The third-order valence-corrected chi connectivity index (χ3v) is 6.35. The number of carbonyl (C=O) groups is 1. The van der Waals surface area contributed by atoms with Crippen LogP contribution in [0.1, 0.15) is 69.0 Å². The molecule has 1 N–H and O–H groups in total. The van der Waals surface area contributed by atoms with Crippen molar-refractivity contribution in [1.82, 2.24) is 15.0 Å². The minimum Gasteiger partial charge on any atom is -0.466 e. The number of esters is 1. The topological polar surface area (TPSA) is 83.5 Å². The molecule has 3 heterocycles. The molecular weight excluding hydrogens is 416 g/mol. The molecule has 1 unspecified atom stereocenters. The molecule has 2 saturated heterocycles. The van der Waals surface area contributed by atoms with E-state index in [4.69, 9.17) is 19.7 Å². The summed E-state index contributed by atoms with van der Waals surface area (Å²) in [4.78, 5) is 31.4. The molecule has 0 saturated carbocycles. The summed E-state index contributed by atoms with van der Waals surface area (Å²) in [6, 6.07) is 7.92. The van der Waals surface area contributed by atoms with Crippen LogP contribution in [0.15, 0.2) is 24.3 Å². The third kappa shape index (κ3) is 6.33. The van der Waals surface area contributed by atoms with Crippen LogP contribution in [0.4, 0.5) is 17.8 Å². The quantitative estimate of drug-likeness (QED) is 0.595. The van der Waals surface area contributed by atoms with Crippen LogP contribution in [0.3, 0.4) is 0 Å². The zero-order valence-corrected chi connectivity index (χ0v) is 19.9. The van der Waals surface area contributed by atoms with Crippen LogP contribution in [0.5, 0.6) is 0 Å². The molecule has 8 heteroatoms. The number of ether oxygens (including phenoxy) is 1. The Morgan fingerprint density at radius 2 is 1.45 bits per heavy atom. The lowest BCUT2D eigenvalue weighted by molar-refractivity contribution is -0.143. The lowest BCUT2D eigenvalue weighted by Crippen LogP contribution is -2.34. The van der Waals surface area contributed by atoms with Gasteiger partial charge in [-0.1, -0.05) is 29.8 Å². The maximum Gasteiger partial charge on any atom is 0.308 e. The number of benzene rings is 1. The number of nitrogens with one attached hydrogen (secondary N) is 1. The summed E-state index contributed by atoms with van der Waals surface area (Å²) < 4.78 is 5.24. The average molecular weight is 453 g/mol. The van der Waals surface area contributed by atoms with Gasteiger partial charge in [0, 0.05) is 26.2 Å². The number of hydrogen-bond acceptors (Lipinski definition) is 8. The SMILES string of the molecule is CCOC(=O)CC(Nc1nc(N2CCCCC2)nc(N2CCCCC2)n1)c1ccc(C)cc1. The monoisotopic (exact) mass is 452 g/mol. The van der Waals surface area contributed by atoms with Gasteiger partial charge in [-0.3, -0.25) is 4.79 Å². The molecule has 33 heavy (non-hydrogen) atoms. The van der Waals surface area contributed by atoms with E-state index in [1.807, 2.05) is 19.1 Å². The van der Waals surface area contributed by atoms with E-state index in [1.165, 1.54) is 18.4 Å². The first kappa shape index (κ1) is 23.3. The Bertz CT molecular complexity index is 871. The summed E-state index contributed by atoms with van der Waals surface area (Å²) in [7, 11) is 0. The van der Waals surface area contributed by atoms with Crippen molar-refractivity contribution in [3.63, 3.8) is 0 Å². The Morgan fingerprint density at radius 3 is 1.97 bits per heavy atom. The maximum absolute atomic E-state index is 12.4. The molecule has 1 aromatic heterocycles. The largest absolute Gasteiger partial charge is 0.466 e. The Labute approximate surface area is 196 Å². The highest BCUT2D eigenvalue weighted by Gasteiger charge is 2.23. The van der Waals surface area contributed by atoms with Crippen molar-refractivity contribution in [2.24, 2.45) is 0 Å². The van der Waals surface area contributed by atoms with Crippen LogP contribution in [-0.4, -0.2) is 53.7 Å². The van der Waals surface area contributed by atoms with E-state index in [9.17, 15) is 4.79 Å². The number of nitrogens with zero attached hydrogens (tertiary/aromatic N) is 5. The van der Waals surface area contributed by atoms with Crippen LogP contribution in [0.25, 0.3) is 0 Å². The van der Waals surface area contributed by atoms with Gasteiger partial charge in [0.1, 0.15) is 0 Å². The number of carbonyl (C=O) groups excluding carboxylic acids is 1. The van der Waals surface area contributed by atoms with Crippen LogP contribution >= 0.6 is 0 Å². The van der Waals surface area contributed by atoms with Crippen LogP contribution < -0.4 is 15.1 Å². The molecule has 1 aromatic carbocycles. The van der Waals surface area contributed by atoms with Gasteiger partial charge in [-0.2, -0.15) is 15.0 Å². The van der Waals surface area contributed by atoms with E-state index < -0.39 is 0 Å². The summed E-state index contributed by atoms with van der Waals surface area (Å²) in [5.41, 5.74) is 2.18. The van der Waals surface area contributed by atoms with Gasteiger partial charge >= 0.3 is 5.97 Å². The van der Waals surface area contributed by atoms with E-state index in [1.54, 1.807) is 0 Å². The average Bonchev–Trinajstić information content (AvgIpc) is 2.85. The van der Waals surface area contributed by atoms with Crippen molar-refractivity contribution in [2.45, 2.75) is 64.8 Å². The molecular formula is C25H36N6O2. The second kappa shape index (κ2) is 11.3. The van der Waals surface area contributed by atoms with Gasteiger partial charge in [0.05, 0.1) is 19.1 Å². The minimum absolute atomic E-state index is 0.209. The predicted octanol–water partition coefficient (Wildman–Crippen LogP) is 4.27. The molecule has 0 radical (unpaired) electrons. The smallest absolute Gasteiger partial charge is 0.308 e. The number of anilines is 3. The van der Waals surface area contributed by atoms with Gasteiger partial charge in [0.15, 0.2) is 0 Å². The number of hydrogen-bond donors (Lipinski definition) is 1. The fraction of sp³-hybridized carbons (Fsp3) is 0.600. The molecule has 8 nitrogen and oxygen atoms in total. The minimum atomic E-state index is -0.282. The Balaban J connectivity index is 1.64. The van der Waals surface area contributed by atoms with Crippen molar-refractivity contribution in [1.29, 1.82) is 0 Å². The molecule has 0 bridgehead atoms. The fourth-order valence-corrected chi connectivity index (χ4v) is 4.48. The van der Waals surface area contributed by atoms with Gasteiger partial charge in [-0.05, 0) is 57.9 Å². The summed E-state index contributed by atoms with van der Waals surface area (Å²) in [6.07, 6.45) is 7.33. The summed E-state index contributed by atoms with van der Waals surface area (Å²) in [6.45, 7) is 8.11. The highest BCUT2D eigenvalue weighted by molar-refractivity contribution is 5.71. The standard InChI is InChI=1S/C25H36N6O2/c1-3-33-22(32)18-21(20-12-10-19(2)11-13-20)26-23-27-24(30-14-6-4-7-15-30)29-25(28-23)31-16-8-5-9-17-31/h10-13,21H,3-9,14-18H2,1-2H3,(H,26,27,28,29). The zero-order chi connectivity index (χ0) is 23.0. The maximum atomic E-state index is 12.4. The molecule has 2 aliphatic heterocycles. The molecule has 4 rings (SSSR count). The van der Waals surface area contributed by atoms with Crippen molar-refractivity contribution in [3.05, 3.63) is 35.4 Å². The number of aromatic nitrogens is 3. The van der Waals surface area contributed by atoms with E-state index in [-0.39, 0.29) is 18.4 Å². The van der Waals surface area contributed by atoms with Gasteiger partial charge < -0.3 is 19.9 Å². The van der Waals surface area contributed by atoms with E-state index in [0.29, 0.717) is 12.6 Å². The lowest BCUT2D eigenvalue weighted by atomic mass is 10.0. The van der Waals surface area contributed by atoms with Crippen molar-refractivity contribution >= 4 is 23.8 Å². The molecule has 1 atom stereocenters. The first-order valence-electron chi connectivity index (χ1n) is 12.4. The van der Waals surface area contributed by atoms with Crippen molar-refractivity contribution in [3.8, 4) is 0 Å². The van der Waals surface area contributed by atoms with Gasteiger partial charge in [0.25, 0.3) is 0 Å². The normalized spacial score (nSPS) is 17.5. The van der Waals surface area contributed by atoms with Gasteiger partial charge in [-0.25, -0.2) is 0 Å². The van der Waals surface area contributed by atoms with Crippen LogP contribution in [-0.2, 0) is 9.53 Å². The number of piperidine rings is 2. The van der Waals surface area contributed by atoms with Gasteiger partial charge in [0.2, 0.25) is 17.8 Å². The Hall–Kier alpha value is -2.90. The molecule has 0 amide bonds. The second-order valence-electron chi connectivity index (χ2n) is 8.97. The van der Waals surface area contributed by atoms with Crippen LogP contribution in [0, 0.1) is 6.92 Å². The zero-order valence-electron chi connectivity index (χ0n) is 19.9. The van der Waals surface area contributed by atoms with Crippen LogP contribution in [0.2, 0.25) is 0 Å². The first-order valence-corrected chi connectivity index (χ1v) is 12.4. The summed E-state index contributed by atoms with van der Waals surface area (Å²) >= 11 is 0. The second-order valence-corrected chi connectivity index (χ2v) is 8.97. The molecule has 2 aromatic rings. The Kier molecular flexibility index (Phi) is 7.96. The number of aryl methyl sites for hydroxylation is 1. The first-order chi connectivity index (χ1) is 16.1. The summed E-state index contributed by atoms with van der Waals surface area (Å²) in [5, 5.41) is 3.45. The number of rotatable bonds is 8. The van der Waals surface area contributed by atoms with Gasteiger partial charge in [-0.15, -0.1) is 0 Å². The van der Waals surface area contributed by atoms with Crippen molar-refractivity contribution < 1.29 is 9.53 Å². The molecule has 2 aliphatic rings. The van der Waals surface area contributed by atoms with E-state index in [0.717, 1.165) is 69.3 Å². The third-order valence-electron chi connectivity index (χ3n) is 6.35. The molecule has 0 aliphatic carbocycles. The highest BCUT2D eigenvalue weighted by Crippen LogP contribution is 2.26. The highest BCUT2D eigenvalue weighted by atomic mass is 16.5. The fourth-order valence-electron chi connectivity index (χ4n) is 4.48. The predicted molar refractivity (Wildman–Crippen MR) is 131 cm³/mol.